The number of aromatic nitrogens is 1. The number of carbonyl (C=O) groups is 5. The normalized spacial score (nSPS) is 14.4. The summed E-state index contributed by atoms with van der Waals surface area (Å²) < 4.78 is 0. The third-order valence-electron chi connectivity index (χ3n) is 6.43. The largest absolute Gasteiger partial charge is 0.480 e. The van der Waals surface area contributed by atoms with Crippen LogP contribution in [0, 0.1) is 11.8 Å². The van der Waals surface area contributed by atoms with Crippen LogP contribution in [0.15, 0.2) is 30.5 Å². The van der Waals surface area contributed by atoms with Gasteiger partial charge in [0.05, 0.1) is 6.04 Å². The second kappa shape index (κ2) is 15.0. The van der Waals surface area contributed by atoms with Crippen LogP contribution in [0.25, 0.3) is 10.9 Å². The van der Waals surface area contributed by atoms with Gasteiger partial charge in [0, 0.05) is 29.9 Å². The van der Waals surface area contributed by atoms with Crippen LogP contribution < -0.4 is 27.4 Å². The molecule has 40 heavy (non-hydrogen) atoms. The van der Waals surface area contributed by atoms with Crippen LogP contribution in [0.2, 0.25) is 0 Å². The van der Waals surface area contributed by atoms with Crippen LogP contribution in [0.1, 0.15) is 58.9 Å². The molecule has 4 atom stereocenters. The molecule has 9 N–H and O–H groups in total. The van der Waals surface area contributed by atoms with Crippen molar-refractivity contribution >= 4 is 40.5 Å². The lowest BCUT2D eigenvalue weighted by Gasteiger charge is -2.26. The average molecular weight is 559 g/mol. The van der Waals surface area contributed by atoms with E-state index in [1.54, 1.807) is 6.20 Å². The minimum atomic E-state index is -1.25. The molecule has 1 aromatic carbocycles. The van der Waals surface area contributed by atoms with Gasteiger partial charge in [0.15, 0.2) is 0 Å². The molecule has 0 aliphatic rings. The first kappa shape index (κ1) is 32.3. The molecule has 0 saturated carbocycles. The first-order valence-electron chi connectivity index (χ1n) is 13.5. The molecular weight excluding hydrogens is 516 g/mol. The number of nitrogens with two attached hydrogens (primary N) is 2. The third-order valence-corrected chi connectivity index (χ3v) is 6.43. The summed E-state index contributed by atoms with van der Waals surface area (Å²) in [6, 6.07) is 3.05. The Kier molecular flexibility index (Phi) is 12.1. The van der Waals surface area contributed by atoms with Crippen LogP contribution in [0.3, 0.4) is 0 Å². The monoisotopic (exact) mass is 558 g/mol. The standard InChI is InChI=1S/C28H42N6O6/c1-15(2)11-19(29)25(36)32-21(9-10-24(30)35)26(37)33-22(12-16(3)4)27(38)34-23(28(39)40)13-17-14-31-20-8-6-5-7-18(17)20/h5-8,14-16,19,21-23,31H,9-13,29H2,1-4H3,(H2,30,35)(H,32,36)(H,33,37)(H,34,38)(H,39,40). The number of H-pyrrole nitrogens is 1. The van der Waals surface area contributed by atoms with Crippen LogP contribution in [0.4, 0.5) is 0 Å². The predicted octanol–water partition coefficient (Wildman–Crippen LogP) is 0.934. The molecule has 0 bridgehead atoms. The lowest BCUT2D eigenvalue weighted by atomic mass is 10.00. The van der Waals surface area contributed by atoms with Gasteiger partial charge in [-0.1, -0.05) is 45.9 Å². The molecular formula is C28H42N6O6. The van der Waals surface area contributed by atoms with E-state index in [-0.39, 0.29) is 37.5 Å². The molecule has 1 aromatic heterocycles. The number of carbonyl (C=O) groups excluding carboxylic acids is 4. The number of primary amides is 1. The summed E-state index contributed by atoms with van der Waals surface area (Å²) in [7, 11) is 0. The average Bonchev–Trinajstić information content (AvgIpc) is 3.27. The highest BCUT2D eigenvalue weighted by Gasteiger charge is 2.31. The summed E-state index contributed by atoms with van der Waals surface area (Å²) in [5.74, 6) is -3.71. The fourth-order valence-corrected chi connectivity index (χ4v) is 4.42. The smallest absolute Gasteiger partial charge is 0.326 e. The van der Waals surface area contributed by atoms with Gasteiger partial charge in [0.2, 0.25) is 23.6 Å². The molecule has 0 fully saturated rings. The van der Waals surface area contributed by atoms with Crippen LogP contribution in [0.5, 0.6) is 0 Å². The van der Waals surface area contributed by atoms with Crippen LogP contribution in [-0.4, -0.2) is 63.9 Å². The lowest BCUT2D eigenvalue weighted by molar-refractivity contribution is -0.142. The number of carboxylic acids is 1. The van der Waals surface area contributed by atoms with Crippen LogP contribution in [-0.2, 0) is 30.4 Å². The summed E-state index contributed by atoms with van der Waals surface area (Å²) >= 11 is 0. The predicted molar refractivity (Wildman–Crippen MR) is 151 cm³/mol. The number of aromatic amines is 1. The fourth-order valence-electron chi connectivity index (χ4n) is 4.42. The highest BCUT2D eigenvalue weighted by Crippen LogP contribution is 2.19. The Morgan fingerprint density at radius 3 is 2.02 bits per heavy atom. The summed E-state index contributed by atoms with van der Waals surface area (Å²) in [6.45, 7) is 7.51. The number of amides is 4. The number of hydrogen-bond acceptors (Lipinski definition) is 6. The number of benzene rings is 1. The van der Waals surface area contributed by atoms with Gasteiger partial charge >= 0.3 is 5.97 Å². The van der Waals surface area contributed by atoms with E-state index in [1.807, 2.05) is 52.0 Å². The zero-order valence-corrected chi connectivity index (χ0v) is 23.5. The Morgan fingerprint density at radius 1 is 0.850 bits per heavy atom. The van der Waals surface area contributed by atoms with E-state index in [9.17, 15) is 29.1 Å². The van der Waals surface area contributed by atoms with Crippen molar-refractivity contribution in [3.8, 4) is 0 Å². The summed E-state index contributed by atoms with van der Waals surface area (Å²) in [4.78, 5) is 65.7. The second-order valence-electron chi connectivity index (χ2n) is 11.0. The summed E-state index contributed by atoms with van der Waals surface area (Å²) in [5, 5.41) is 18.4. The highest BCUT2D eigenvalue weighted by atomic mass is 16.4. The minimum absolute atomic E-state index is 0.0263. The van der Waals surface area contributed by atoms with E-state index in [1.165, 1.54) is 0 Å². The Balaban J connectivity index is 2.19. The molecule has 12 nitrogen and oxygen atoms in total. The molecule has 2 rings (SSSR count). The van der Waals surface area contributed by atoms with E-state index in [0.29, 0.717) is 6.42 Å². The SMILES string of the molecule is CC(C)CC(N)C(=O)NC(CCC(N)=O)C(=O)NC(CC(C)C)C(=O)NC(Cc1c[nH]c2ccccc12)C(=O)O. The van der Waals surface area contributed by atoms with Crippen molar-refractivity contribution < 1.29 is 29.1 Å². The molecule has 4 amide bonds. The van der Waals surface area contributed by atoms with E-state index >= 15 is 0 Å². The second-order valence-corrected chi connectivity index (χ2v) is 11.0. The molecule has 4 unspecified atom stereocenters. The van der Waals surface area contributed by atoms with Gasteiger partial charge in [0.25, 0.3) is 0 Å². The fraction of sp³-hybridized carbons (Fsp3) is 0.536. The number of para-hydroxylation sites is 1. The van der Waals surface area contributed by atoms with E-state index in [4.69, 9.17) is 11.5 Å². The van der Waals surface area contributed by atoms with Gasteiger partial charge < -0.3 is 37.5 Å². The molecule has 0 saturated heterocycles. The lowest BCUT2D eigenvalue weighted by Crippen LogP contribution is -2.57. The number of nitrogens with one attached hydrogen (secondary N) is 4. The zero-order valence-electron chi connectivity index (χ0n) is 23.5. The first-order chi connectivity index (χ1) is 18.8. The van der Waals surface area contributed by atoms with Crippen molar-refractivity contribution in [2.75, 3.05) is 0 Å². The maximum absolute atomic E-state index is 13.3. The first-order valence-corrected chi connectivity index (χ1v) is 13.5. The molecule has 0 aliphatic carbocycles. The van der Waals surface area contributed by atoms with Gasteiger partial charge in [-0.2, -0.15) is 0 Å². The molecule has 2 aromatic rings. The van der Waals surface area contributed by atoms with Crippen molar-refractivity contribution in [3.05, 3.63) is 36.0 Å². The number of hydrogen-bond donors (Lipinski definition) is 7. The summed E-state index contributed by atoms with van der Waals surface area (Å²) in [6.07, 6.45) is 2.07. The number of aliphatic carboxylic acids is 1. The maximum Gasteiger partial charge on any atom is 0.326 e. The van der Waals surface area contributed by atoms with E-state index < -0.39 is 53.8 Å². The van der Waals surface area contributed by atoms with Gasteiger partial charge in [0.1, 0.15) is 18.1 Å². The van der Waals surface area contributed by atoms with Gasteiger partial charge in [-0.25, -0.2) is 4.79 Å². The van der Waals surface area contributed by atoms with E-state index in [0.717, 1.165) is 16.5 Å². The van der Waals surface area contributed by atoms with E-state index in [2.05, 4.69) is 20.9 Å². The Bertz CT molecular complexity index is 1190. The van der Waals surface area contributed by atoms with Crippen molar-refractivity contribution in [1.82, 2.24) is 20.9 Å². The van der Waals surface area contributed by atoms with Gasteiger partial charge in [-0.15, -0.1) is 0 Å². The molecule has 12 heteroatoms. The Morgan fingerprint density at radius 2 is 1.43 bits per heavy atom. The molecule has 1 heterocycles. The third kappa shape index (κ3) is 9.99. The molecule has 220 valence electrons. The molecule has 0 spiro atoms. The quantitative estimate of drug-likeness (QED) is 0.158. The topological polar surface area (TPSA) is 209 Å². The van der Waals surface area contributed by atoms with Crippen LogP contribution >= 0.6 is 0 Å². The maximum atomic E-state index is 13.3. The zero-order chi connectivity index (χ0) is 30.0. The van der Waals surface area contributed by atoms with Crippen molar-refractivity contribution in [3.63, 3.8) is 0 Å². The number of rotatable bonds is 16. The minimum Gasteiger partial charge on any atom is -0.480 e. The Hall–Kier alpha value is -3.93. The summed E-state index contributed by atoms with van der Waals surface area (Å²) in [5.41, 5.74) is 12.8. The van der Waals surface area contributed by atoms with Crippen molar-refractivity contribution in [1.29, 1.82) is 0 Å². The highest BCUT2D eigenvalue weighted by molar-refractivity contribution is 5.94. The number of fused-ring (bicyclic) bond motifs is 1. The number of carboxylic acid groups (broad SMARTS) is 1. The van der Waals surface area contributed by atoms with Gasteiger partial charge in [-0.05, 0) is 42.7 Å². The van der Waals surface area contributed by atoms with Gasteiger partial charge in [-0.3, -0.25) is 19.2 Å². The van der Waals surface area contributed by atoms with Crippen molar-refractivity contribution in [2.24, 2.45) is 23.3 Å². The van der Waals surface area contributed by atoms with Crippen molar-refractivity contribution in [2.45, 2.75) is 84.0 Å². The molecule has 0 aliphatic heterocycles. The Labute approximate surface area is 234 Å². The molecule has 0 radical (unpaired) electrons.